The standard InChI is InChI=1S/C21H23FN2O4/c1-4-17(25)16-9-8-14(22)11-18(16)28-21(27)13-6-5-7-15(10-13)24-20(26)19(23)12(2)3/h5-12,19H,4,23H2,1-3H3,(H,24,26)/t19-/m0/s1. The number of anilines is 1. The Morgan fingerprint density at radius 1 is 1.14 bits per heavy atom. The lowest BCUT2D eigenvalue weighted by Crippen LogP contribution is -2.39. The highest BCUT2D eigenvalue weighted by Gasteiger charge is 2.19. The summed E-state index contributed by atoms with van der Waals surface area (Å²) in [6.07, 6.45) is 0.188. The molecule has 6 nitrogen and oxygen atoms in total. The zero-order valence-corrected chi connectivity index (χ0v) is 16.0. The summed E-state index contributed by atoms with van der Waals surface area (Å²) in [7, 11) is 0. The lowest BCUT2D eigenvalue weighted by molar-refractivity contribution is -0.118. The Kier molecular flexibility index (Phi) is 7.00. The van der Waals surface area contributed by atoms with Crippen LogP contribution >= 0.6 is 0 Å². The van der Waals surface area contributed by atoms with Crippen LogP contribution in [0, 0.1) is 11.7 Å². The van der Waals surface area contributed by atoms with Crippen molar-refractivity contribution in [3.63, 3.8) is 0 Å². The second-order valence-corrected chi connectivity index (χ2v) is 6.65. The number of nitrogens with two attached hydrogens (primary N) is 1. The van der Waals surface area contributed by atoms with Gasteiger partial charge < -0.3 is 15.8 Å². The first-order chi connectivity index (χ1) is 13.2. The summed E-state index contributed by atoms with van der Waals surface area (Å²) < 4.78 is 18.8. The molecule has 0 heterocycles. The molecule has 28 heavy (non-hydrogen) atoms. The van der Waals surface area contributed by atoms with Crippen LogP contribution in [0.2, 0.25) is 0 Å². The summed E-state index contributed by atoms with van der Waals surface area (Å²) in [5.41, 5.74) is 6.45. The Hall–Kier alpha value is -3.06. The number of hydrogen-bond acceptors (Lipinski definition) is 5. The Morgan fingerprint density at radius 3 is 2.50 bits per heavy atom. The summed E-state index contributed by atoms with van der Waals surface area (Å²) in [6, 6.07) is 8.81. The van der Waals surface area contributed by atoms with E-state index in [4.69, 9.17) is 10.5 Å². The largest absolute Gasteiger partial charge is 0.422 e. The van der Waals surface area contributed by atoms with Gasteiger partial charge in [0.1, 0.15) is 11.6 Å². The zero-order valence-electron chi connectivity index (χ0n) is 16.0. The molecule has 0 aliphatic rings. The minimum atomic E-state index is -0.778. The molecule has 2 rings (SSSR count). The number of benzene rings is 2. The third-order valence-corrected chi connectivity index (χ3v) is 4.15. The monoisotopic (exact) mass is 386 g/mol. The van der Waals surface area contributed by atoms with Crippen molar-refractivity contribution in [2.75, 3.05) is 5.32 Å². The van der Waals surface area contributed by atoms with Gasteiger partial charge in [0.2, 0.25) is 5.91 Å². The molecular weight excluding hydrogens is 363 g/mol. The first-order valence-corrected chi connectivity index (χ1v) is 8.94. The third kappa shape index (κ3) is 5.23. The lowest BCUT2D eigenvalue weighted by Gasteiger charge is -2.15. The molecule has 0 unspecified atom stereocenters. The highest BCUT2D eigenvalue weighted by atomic mass is 19.1. The van der Waals surface area contributed by atoms with Crippen molar-refractivity contribution >= 4 is 23.3 Å². The van der Waals surface area contributed by atoms with Crippen molar-refractivity contribution in [2.45, 2.75) is 33.2 Å². The van der Waals surface area contributed by atoms with E-state index < -0.39 is 17.8 Å². The number of ketones is 1. The molecule has 0 saturated heterocycles. The van der Waals surface area contributed by atoms with Crippen molar-refractivity contribution in [1.29, 1.82) is 0 Å². The van der Waals surface area contributed by atoms with Crippen molar-refractivity contribution in [3.8, 4) is 5.75 Å². The SMILES string of the molecule is CCC(=O)c1ccc(F)cc1OC(=O)c1cccc(NC(=O)[C@@H](N)C(C)C)c1. The van der Waals surface area contributed by atoms with E-state index in [1.54, 1.807) is 19.1 Å². The number of carbonyl (C=O) groups is 3. The Bertz CT molecular complexity index is 896. The number of rotatable bonds is 7. The van der Waals surface area contributed by atoms with Gasteiger partial charge in [0.15, 0.2) is 5.78 Å². The quantitative estimate of drug-likeness (QED) is 0.431. The average molecular weight is 386 g/mol. The molecule has 0 bridgehead atoms. The van der Waals surface area contributed by atoms with Crippen LogP contribution in [0.25, 0.3) is 0 Å². The predicted octanol–water partition coefficient (Wildman–Crippen LogP) is 3.56. The first kappa shape index (κ1) is 21.2. The van der Waals surface area contributed by atoms with Crippen molar-refractivity contribution in [2.24, 2.45) is 11.7 Å². The van der Waals surface area contributed by atoms with E-state index in [9.17, 15) is 18.8 Å². The molecule has 3 N–H and O–H groups in total. The van der Waals surface area contributed by atoms with Crippen molar-refractivity contribution in [1.82, 2.24) is 0 Å². The Labute approximate surface area is 162 Å². The van der Waals surface area contributed by atoms with E-state index in [2.05, 4.69) is 5.32 Å². The molecule has 1 amide bonds. The summed E-state index contributed by atoms with van der Waals surface area (Å²) in [6.45, 7) is 5.31. The van der Waals surface area contributed by atoms with Gasteiger partial charge in [-0.2, -0.15) is 0 Å². The zero-order chi connectivity index (χ0) is 20.8. The number of Topliss-reactive ketones (excluding diaryl/α,β-unsaturated/α-hetero) is 1. The van der Waals surface area contributed by atoms with E-state index in [1.165, 1.54) is 18.2 Å². The fourth-order valence-electron chi connectivity index (χ4n) is 2.41. The molecule has 2 aromatic rings. The molecule has 7 heteroatoms. The second-order valence-electron chi connectivity index (χ2n) is 6.65. The minimum Gasteiger partial charge on any atom is -0.422 e. The van der Waals surface area contributed by atoms with Crippen molar-refractivity contribution in [3.05, 3.63) is 59.4 Å². The molecule has 148 valence electrons. The molecule has 0 radical (unpaired) electrons. The van der Waals surface area contributed by atoms with Gasteiger partial charge in [-0.25, -0.2) is 9.18 Å². The highest BCUT2D eigenvalue weighted by molar-refractivity contribution is 6.01. The smallest absolute Gasteiger partial charge is 0.343 e. The fraction of sp³-hybridized carbons (Fsp3) is 0.286. The fourth-order valence-corrected chi connectivity index (χ4v) is 2.41. The number of esters is 1. The molecule has 0 spiro atoms. The Morgan fingerprint density at radius 2 is 1.86 bits per heavy atom. The van der Waals surface area contributed by atoms with E-state index >= 15 is 0 Å². The van der Waals surface area contributed by atoms with Gasteiger partial charge in [-0.3, -0.25) is 9.59 Å². The van der Waals surface area contributed by atoms with Crippen LogP contribution < -0.4 is 15.8 Å². The van der Waals surface area contributed by atoms with Gasteiger partial charge in [-0.05, 0) is 36.2 Å². The van der Waals surface area contributed by atoms with Crippen LogP contribution in [-0.4, -0.2) is 23.7 Å². The molecule has 2 aromatic carbocycles. The average Bonchev–Trinajstić information content (AvgIpc) is 2.67. The van der Waals surface area contributed by atoms with Crippen LogP contribution in [0.15, 0.2) is 42.5 Å². The number of nitrogens with one attached hydrogen (secondary N) is 1. The molecule has 0 fully saturated rings. The van der Waals surface area contributed by atoms with Crippen LogP contribution in [0.3, 0.4) is 0 Å². The number of amides is 1. The van der Waals surface area contributed by atoms with Gasteiger partial charge in [0.05, 0.1) is 17.2 Å². The minimum absolute atomic E-state index is 0.0457. The number of halogens is 1. The summed E-state index contributed by atoms with van der Waals surface area (Å²) in [4.78, 5) is 36.5. The summed E-state index contributed by atoms with van der Waals surface area (Å²) in [5.74, 6) is -2.24. The van der Waals surface area contributed by atoms with E-state index in [0.717, 1.165) is 12.1 Å². The van der Waals surface area contributed by atoms with E-state index in [-0.39, 0.29) is 40.9 Å². The molecule has 0 saturated carbocycles. The maximum absolute atomic E-state index is 13.6. The van der Waals surface area contributed by atoms with Crippen LogP contribution in [0.5, 0.6) is 5.75 Å². The number of hydrogen-bond donors (Lipinski definition) is 2. The predicted molar refractivity (Wildman–Crippen MR) is 104 cm³/mol. The normalized spacial score (nSPS) is 11.8. The van der Waals surface area contributed by atoms with Gasteiger partial charge in [-0.15, -0.1) is 0 Å². The Balaban J connectivity index is 2.21. The van der Waals surface area contributed by atoms with Crippen LogP contribution in [0.4, 0.5) is 10.1 Å². The summed E-state index contributed by atoms with van der Waals surface area (Å²) >= 11 is 0. The maximum Gasteiger partial charge on any atom is 0.343 e. The maximum atomic E-state index is 13.6. The second kappa shape index (κ2) is 9.23. The number of ether oxygens (including phenoxy) is 1. The third-order valence-electron chi connectivity index (χ3n) is 4.15. The number of carbonyl (C=O) groups excluding carboxylic acids is 3. The van der Waals surface area contributed by atoms with Crippen molar-refractivity contribution < 1.29 is 23.5 Å². The lowest BCUT2D eigenvalue weighted by atomic mass is 10.0. The van der Waals surface area contributed by atoms with Gasteiger partial charge in [0, 0.05) is 18.2 Å². The van der Waals surface area contributed by atoms with Gasteiger partial charge in [-0.1, -0.05) is 26.8 Å². The van der Waals surface area contributed by atoms with Crippen LogP contribution in [-0.2, 0) is 4.79 Å². The van der Waals surface area contributed by atoms with E-state index in [1.807, 2.05) is 13.8 Å². The topological polar surface area (TPSA) is 98.5 Å². The van der Waals surface area contributed by atoms with E-state index in [0.29, 0.717) is 5.69 Å². The molecule has 1 atom stereocenters. The molecular formula is C21H23FN2O4. The molecule has 0 aromatic heterocycles. The molecule has 0 aliphatic carbocycles. The highest BCUT2D eigenvalue weighted by Crippen LogP contribution is 2.23. The van der Waals surface area contributed by atoms with Gasteiger partial charge >= 0.3 is 5.97 Å². The van der Waals surface area contributed by atoms with Crippen LogP contribution in [0.1, 0.15) is 47.9 Å². The first-order valence-electron chi connectivity index (χ1n) is 8.94. The summed E-state index contributed by atoms with van der Waals surface area (Å²) in [5, 5.41) is 2.64. The molecule has 0 aliphatic heterocycles. The van der Waals surface area contributed by atoms with Gasteiger partial charge in [0.25, 0.3) is 0 Å².